The van der Waals surface area contributed by atoms with E-state index in [1.165, 1.54) is 12.8 Å². The zero-order valence-corrected chi connectivity index (χ0v) is 11.9. The number of carbonyl (C=O) groups excluding carboxylic acids is 2. The average molecular weight is 272 g/mol. The molecule has 1 amide bonds. The second-order valence-corrected chi connectivity index (χ2v) is 5.54. The molecule has 0 bridgehead atoms. The smallest absolute Gasteiger partial charge is 0.299 e. The minimum Gasteiger partial charge on any atom is -0.303 e. The van der Waals surface area contributed by atoms with E-state index >= 15 is 0 Å². The number of nitrogens with zero attached hydrogens (tertiary/aromatic N) is 2. The van der Waals surface area contributed by atoms with Gasteiger partial charge in [-0.05, 0) is 50.0 Å². The summed E-state index contributed by atoms with van der Waals surface area (Å²) in [7, 11) is 0. The summed E-state index contributed by atoms with van der Waals surface area (Å²) in [5, 5.41) is 0. The second kappa shape index (κ2) is 5.37. The molecule has 0 unspecified atom stereocenters. The van der Waals surface area contributed by atoms with Gasteiger partial charge in [0.1, 0.15) is 0 Å². The van der Waals surface area contributed by atoms with Crippen LogP contribution in [0.4, 0.5) is 5.69 Å². The molecule has 106 valence electrons. The van der Waals surface area contributed by atoms with Crippen LogP contribution in [0, 0.1) is 0 Å². The molecule has 1 aromatic rings. The highest BCUT2D eigenvalue weighted by Crippen LogP contribution is 2.29. The lowest BCUT2D eigenvalue weighted by atomic mass is 10.1. The lowest BCUT2D eigenvalue weighted by Gasteiger charge is -2.21. The second-order valence-electron chi connectivity index (χ2n) is 5.54. The van der Waals surface area contributed by atoms with E-state index < -0.39 is 0 Å². The minimum absolute atomic E-state index is 0.350. The first kappa shape index (κ1) is 13.3. The Morgan fingerprint density at radius 2 is 1.85 bits per heavy atom. The third kappa shape index (κ3) is 2.24. The zero-order chi connectivity index (χ0) is 14.1. The Morgan fingerprint density at radius 1 is 1.10 bits per heavy atom. The molecule has 1 fully saturated rings. The van der Waals surface area contributed by atoms with Crippen LogP contribution in [0.25, 0.3) is 0 Å². The molecule has 0 aromatic heterocycles. The van der Waals surface area contributed by atoms with Crippen molar-refractivity contribution in [3.8, 4) is 0 Å². The van der Waals surface area contributed by atoms with Gasteiger partial charge in [0.25, 0.3) is 11.7 Å². The van der Waals surface area contributed by atoms with Crippen LogP contribution in [0.1, 0.15) is 35.7 Å². The monoisotopic (exact) mass is 272 g/mol. The Bertz CT molecular complexity index is 547. The Hall–Kier alpha value is -1.68. The molecule has 0 atom stereocenters. The van der Waals surface area contributed by atoms with E-state index in [4.69, 9.17) is 0 Å². The molecule has 0 spiro atoms. The molecule has 4 heteroatoms. The van der Waals surface area contributed by atoms with Crippen LogP contribution in [-0.2, 0) is 11.2 Å². The molecule has 4 nitrogen and oxygen atoms in total. The van der Waals surface area contributed by atoms with Crippen molar-refractivity contribution in [3.63, 3.8) is 0 Å². The number of Topliss-reactive ketones (excluding diaryl/α,β-unsaturated/α-hetero) is 1. The van der Waals surface area contributed by atoms with Gasteiger partial charge in [0.2, 0.25) is 0 Å². The van der Waals surface area contributed by atoms with E-state index in [1.54, 1.807) is 4.90 Å². The van der Waals surface area contributed by atoms with E-state index in [1.807, 2.05) is 25.1 Å². The molecule has 20 heavy (non-hydrogen) atoms. The van der Waals surface area contributed by atoms with Crippen LogP contribution in [0.3, 0.4) is 0 Å². The van der Waals surface area contributed by atoms with Crippen molar-refractivity contribution in [3.05, 3.63) is 29.3 Å². The summed E-state index contributed by atoms with van der Waals surface area (Å²) in [4.78, 5) is 28.2. The van der Waals surface area contributed by atoms with Gasteiger partial charge >= 0.3 is 0 Å². The molecule has 0 N–H and O–H groups in total. The van der Waals surface area contributed by atoms with Crippen LogP contribution in [0.2, 0.25) is 0 Å². The SMILES string of the molecule is CCc1ccc2c(c1)C(=O)C(=O)N2CCN1CCCC1. The molecule has 0 radical (unpaired) electrons. The van der Waals surface area contributed by atoms with E-state index in [0.717, 1.165) is 37.3 Å². The van der Waals surface area contributed by atoms with Crippen molar-refractivity contribution < 1.29 is 9.59 Å². The molecule has 1 aromatic carbocycles. The number of likely N-dealkylation sites (tertiary alicyclic amines) is 1. The van der Waals surface area contributed by atoms with Crippen LogP contribution < -0.4 is 4.90 Å². The fraction of sp³-hybridized carbons (Fsp3) is 0.500. The summed E-state index contributed by atoms with van der Waals surface area (Å²) in [6.07, 6.45) is 3.36. The highest BCUT2D eigenvalue weighted by molar-refractivity contribution is 6.52. The first-order valence-corrected chi connectivity index (χ1v) is 7.42. The standard InChI is InChI=1S/C16H20N2O2/c1-2-12-5-6-14-13(11-12)15(19)16(20)18(14)10-9-17-7-3-4-8-17/h5-6,11H,2-4,7-10H2,1H3. The predicted octanol–water partition coefficient (Wildman–Crippen LogP) is 1.87. The maximum Gasteiger partial charge on any atom is 0.299 e. The van der Waals surface area contributed by atoms with Gasteiger partial charge in [-0.1, -0.05) is 13.0 Å². The number of aryl methyl sites for hydroxylation is 1. The van der Waals surface area contributed by atoms with Crippen LogP contribution in [0.5, 0.6) is 0 Å². The van der Waals surface area contributed by atoms with Crippen molar-refractivity contribution in [2.24, 2.45) is 0 Å². The van der Waals surface area contributed by atoms with Crippen molar-refractivity contribution in [2.45, 2.75) is 26.2 Å². The fourth-order valence-electron chi connectivity index (χ4n) is 3.04. The molecule has 2 aliphatic rings. The van der Waals surface area contributed by atoms with Gasteiger partial charge in [0.15, 0.2) is 0 Å². The van der Waals surface area contributed by atoms with E-state index in [-0.39, 0.29) is 11.7 Å². The quantitative estimate of drug-likeness (QED) is 0.786. The van der Waals surface area contributed by atoms with Gasteiger partial charge in [0.05, 0.1) is 11.3 Å². The molecular formula is C16H20N2O2. The predicted molar refractivity (Wildman–Crippen MR) is 78.2 cm³/mol. The number of anilines is 1. The Balaban J connectivity index is 1.79. The first-order chi connectivity index (χ1) is 9.70. The van der Waals surface area contributed by atoms with Gasteiger partial charge < -0.3 is 9.80 Å². The number of fused-ring (bicyclic) bond motifs is 1. The summed E-state index contributed by atoms with van der Waals surface area (Å²) in [6.45, 7) is 5.74. The Morgan fingerprint density at radius 3 is 2.55 bits per heavy atom. The van der Waals surface area contributed by atoms with Crippen molar-refractivity contribution >= 4 is 17.4 Å². The number of rotatable bonds is 4. The van der Waals surface area contributed by atoms with Crippen molar-refractivity contribution in [1.82, 2.24) is 4.90 Å². The third-order valence-electron chi connectivity index (χ3n) is 4.28. The lowest BCUT2D eigenvalue weighted by Crippen LogP contribution is -2.37. The third-order valence-corrected chi connectivity index (χ3v) is 4.28. The van der Waals surface area contributed by atoms with Crippen LogP contribution >= 0.6 is 0 Å². The number of hydrogen-bond acceptors (Lipinski definition) is 3. The zero-order valence-electron chi connectivity index (χ0n) is 11.9. The number of amides is 1. The van der Waals surface area contributed by atoms with Gasteiger partial charge in [0, 0.05) is 13.1 Å². The Kier molecular flexibility index (Phi) is 3.57. The molecule has 1 saturated heterocycles. The van der Waals surface area contributed by atoms with Crippen LogP contribution in [-0.4, -0.2) is 42.8 Å². The summed E-state index contributed by atoms with van der Waals surface area (Å²) in [5.41, 5.74) is 2.47. The molecular weight excluding hydrogens is 252 g/mol. The Labute approximate surface area is 119 Å². The highest BCUT2D eigenvalue weighted by atomic mass is 16.2. The van der Waals surface area contributed by atoms with Gasteiger partial charge in [-0.3, -0.25) is 9.59 Å². The molecule has 0 saturated carbocycles. The average Bonchev–Trinajstić information content (AvgIpc) is 3.06. The normalized spacial score (nSPS) is 18.9. The number of benzene rings is 1. The number of carbonyl (C=O) groups is 2. The van der Waals surface area contributed by atoms with E-state index in [2.05, 4.69) is 4.90 Å². The minimum atomic E-state index is -0.368. The van der Waals surface area contributed by atoms with Gasteiger partial charge in [-0.2, -0.15) is 0 Å². The van der Waals surface area contributed by atoms with Crippen molar-refractivity contribution in [2.75, 3.05) is 31.1 Å². The summed E-state index contributed by atoms with van der Waals surface area (Å²) >= 11 is 0. The maximum atomic E-state index is 12.1. The summed E-state index contributed by atoms with van der Waals surface area (Å²) in [6, 6.07) is 5.79. The molecule has 2 aliphatic heterocycles. The summed E-state index contributed by atoms with van der Waals surface area (Å²) in [5.74, 6) is -0.718. The summed E-state index contributed by atoms with van der Waals surface area (Å²) < 4.78 is 0. The fourth-order valence-corrected chi connectivity index (χ4v) is 3.04. The van der Waals surface area contributed by atoms with Gasteiger partial charge in [-0.15, -0.1) is 0 Å². The number of hydrogen-bond donors (Lipinski definition) is 0. The topological polar surface area (TPSA) is 40.6 Å². The highest BCUT2D eigenvalue weighted by Gasteiger charge is 2.35. The lowest BCUT2D eigenvalue weighted by molar-refractivity contribution is -0.114. The van der Waals surface area contributed by atoms with Crippen molar-refractivity contribution in [1.29, 1.82) is 0 Å². The molecule has 0 aliphatic carbocycles. The molecule has 3 rings (SSSR count). The maximum absolute atomic E-state index is 12.1. The molecule has 2 heterocycles. The number of ketones is 1. The van der Waals surface area contributed by atoms with Crippen LogP contribution in [0.15, 0.2) is 18.2 Å². The van der Waals surface area contributed by atoms with E-state index in [9.17, 15) is 9.59 Å². The largest absolute Gasteiger partial charge is 0.303 e. The van der Waals surface area contributed by atoms with Gasteiger partial charge in [-0.25, -0.2) is 0 Å². The first-order valence-electron chi connectivity index (χ1n) is 7.42. The van der Waals surface area contributed by atoms with E-state index in [0.29, 0.717) is 12.1 Å².